The molecule has 0 heterocycles. The van der Waals surface area contributed by atoms with Gasteiger partial charge in [0.25, 0.3) is 0 Å². The van der Waals surface area contributed by atoms with Crippen molar-refractivity contribution in [2.24, 2.45) is 5.11 Å². The van der Waals surface area contributed by atoms with Crippen LogP contribution >= 0.6 is 15.9 Å². The molecule has 0 radical (unpaired) electrons. The van der Waals surface area contributed by atoms with Gasteiger partial charge in [-0.2, -0.15) is 0 Å². The number of nitrogens with one attached hydrogen (secondary N) is 1. The summed E-state index contributed by atoms with van der Waals surface area (Å²) in [6, 6.07) is 7.50. The molecule has 0 saturated carbocycles. The lowest BCUT2D eigenvalue weighted by Gasteiger charge is -2.31. The zero-order valence-corrected chi connectivity index (χ0v) is 13.1. The molecule has 0 aliphatic carbocycles. The number of hydrogen-bond donors (Lipinski definition) is 1. The molecule has 0 aliphatic rings. The molecule has 7 heteroatoms. The van der Waals surface area contributed by atoms with Crippen LogP contribution in [0.15, 0.2) is 33.9 Å². The molecule has 1 aromatic carbocycles. The molecule has 1 atom stereocenters. The number of carbonyl (C=O) groups is 1. The first-order chi connectivity index (χ1) is 9.60. The molecule has 0 amide bonds. The fourth-order valence-electron chi connectivity index (χ4n) is 2.06. The fraction of sp³-hybridized carbons (Fsp3) is 0.462. The van der Waals surface area contributed by atoms with Gasteiger partial charge in [0.05, 0.1) is 7.11 Å². The highest BCUT2D eigenvalue weighted by atomic mass is 79.9. The number of nitrogens with zero attached hydrogens (tertiary/aromatic N) is 3. The lowest BCUT2D eigenvalue weighted by molar-refractivity contribution is -0.149. The highest BCUT2D eigenvalue weighted by Gasteiger charge is 2.39. The van der Waals surface area contributed by atoms with Gasteiger partial charge in [0.1, 0.15) is 5.54 Å². The molecule has 0 bridgehead atoms. The molecule has 1 N–H and O–H groups in total. The first kappa shape index (κ1) is 16.5. The number of benzene rings is 1. The third kappa shape index (κ3) is 3.72. The summed E-state index contributed by atoms with van der Waals surface area (Å²) in [7, 11) is 1.36. The van der Waals surface area contributed by atoms with Gasteiger partial charge in [-0.1, -0.05) is 40.1 Å². The highest BCUT2D eigenvalue weighted by Crippen LogP contribution is 2.28. The second-order valence-electron chi connectivity index (χ2n) is 4.14. The minimum Gasteiger partial charge on any atom is -0.467 e. The summed E-state index contributed by atoms with van der Waals surface area (Å²) in [4.78, 5) is 14.9. The van der Waals surface area contributed by atoms with Crippen molar-refractivity contribution in [3.05, 3.63) is 44.7 Å². The van der Waals surface area contributed by atoms with Gasteiger partial charge < -0.3 is 4.74 Å². The maximum Gasteiger partial charge on any atom is 0.330 e. The van der Waals surface area contributed by atoms with Gasteiger partial charge >= 0.3 is 5.97 Å². The van der Waals surface area contributed by atoms with Crippen LogP contribution in [-0.4, -0.2) is 26.2 Å². The topological polar surface area (TPSA) is 87.1 Å². The molecule has 0 aliphatic heterocycles. The summed E-state index contributed by atoms with van der Waals surface area (Å²) >= 11 is 3.40. The van der Waals surface area contributed by atoms with Gasteiger partial charge in [-0.25, -0.2) is 4.79 Å². The zero-order valence-electron chi connectivity index (χ0n) is 11.5. The number of azide groups is 1. The van der Waals surface area contributed by atoms with Gasteiger partial charge in [0.15, 0.2) is 0 Å². The molecule has 1 rings (SSSR count). The Morgan fingerprint density at radius 2 is 2.35 bits per heavy atom. The third-order valence-electron chi connectivity index (χ3n) is 3.08. The largest absolute Gasteiger partial charge is 0.467 e. The minimum absolute atomic E-state index is 0.267. The van der Waals surface area contributed by atoms with Crippen LogP contribution in [0.3, 0.4) is 0 Å². The molecule has 1 unspecified atom stereocenters. The zero-order chi connectivity index (χ0) is 15.0. The Labute approximate surface area is 126 Å². The molecule has 0 saturated heterocycles. The van der Waals surface area contributed by atoms with Crippen LogP contribution in [0, 0.1) is 0 Å². The van der Waals surface area contributed by atoms with Crippen molar-refractivity contribution >= 4 is 21.9 Å². The fourth-order valence-corrected chi connectivity index (χ4v) is 2.46. The van der Waals surface area contributed by atoms with Crippen LogP contribution in [0.2, 0.25) is 0 Å². The maximum atomic E-state index is 12.2. The van der Waals surface area contributed by atoms with E-state index in [9.17, 15) is 4.79 Å². The van der Waals surface area contributed by atoms with E-state index in [1.165, 1.54) is 7.11 Å². The van der Waals surface area contributed by atoms with Crippen molar-refractivity contribution < 1.29 is 9.53 Å². The monoisotopic (exact) mass is 340 g/mol. The van der Waals surface area contributed by atoms with Crippen molar-refractivity contribution in [3.63, 3.8) is 0 Å². The Balaban J connectivity index is 3.11. The summed E-state index contributed by atoms with van der Waals surface area (Å²) < 4.78 is 5.82. The maximum absolute atomic E-state index is 12.2. The van der Waals surface area contributed by atoms with E-state index in [4.69, 9.17) is 10.3 Å². The predicted octanol–water partition coefficient (Wildman–Crippen LogP) is 3.13. The normalized spacial score (nSPS) is 13.2. The molecule has 0 spiro atoms. The first-order valence-corrected chi connectivity index (χ1v) is 7.00. The predicted molar refractivity (Wildman–Crippen MR) is 80.1 cm³/mol. The number of rotatable bonds is 7. The van der Waals surface area contributed by atoms with E-state index in [1.54, 1.807) is 0 Å². The van der Waals surface area contributed by atoms with E-state index >= 15 is 0 Å². The van der Waals surface area contributed by atoms with E-state index in [-0.39, 0.29) is 12.5 Å². The SMILES string of the molecule is CCC(NCCN=[N+]=[N-])(C(=O)OC)c1cccc(Br)c1. The Morgan fingerprint density at radius 3 is 2.90 bits per heavy atom. The summed E-state index contributed by atoms with van der Waals surface area (Å²) in [6.07, 6.45) is 0.520. The van der Waals surface area contributed by atoms with Crippen LogP contribution in [-0.2, 0) is 15.1 Å². The van der Waals surface area contributed by atoms with Crippen LogP contribution in [0.25, 0.3) is 10.4 Å². The van der Waals surface area contributed by atoms with Gasteiger partial charge in [-0.3, -0.25) is 5.32 Å². The first-order valence-electron chi connectivity index (χ1n) is 6.21. The van der Waals surface area contributed by atoms with Crippen molar-refractivity contribution in [1.82, 2.24) is 5.32 Å². The highest BCUT2D eigenvalue weighted by molar-refractivity contribution is 9.10. The molecule has 20 heavy (non-hydrogen) atoms. The van der Waals surface area contributed by atoms with E-state index in [0.717, 1.165) is 10.0 Å². The van der Waals surface area contributed by atoms with Crippen molar-refractivity contribution in [1.29, 1.82) is 0 Å². The smallest absolute Gasteiger partial charge is 0.330 e. The number of ether oxygens (including phenoxy) is 1. The molecule has 1 aromatic rings. The average Bonchev–Trinajstić information content (AvgIpc) is 2.47. The summed E-state index contributed by atoms with van der Waals surface area (Å²) in [5.41, 5.74) is 8.16. The number of halogens is 1. The second kappa shape index (κ2) is 7.89. The standard InChI is InChI=1S/C13H17BrN4O2/c1-3-13(12(19)20-2,16-7-8-17-18-15)10-5-4-6-11(14)9-10/h4-6,9,16H,3,7-8H2,1-2H3. The van der Waals surface area contributed by atoms with Crippen molar-refractivity contribution in [2.75, 3.05) is 20.2 Å². The molecule has 0 fully saturated rings. The van der Waals surface area contributed by atoms with Crippen LogP contribution < -0.4 is 5.32 Å². The van der Waals surface area contributed by atoms with Gasteiger partial charge in [-0.15, -0.1) is 0 Å². The molecular formula is C13H17BrN4O2. The Kier molecular flexibility index (Phi) is 6.51. The van der Waals surface area contributed by atoms with E-state index in [2.05, 4.69) is 31.3 Å². The molecule has 0 aromatic heterocycles. The second-order valence-corrected chi connectivity index (χ2v) is 5.06. The summed E-state index contributed by atoms with van der Waals surface area (Å²) in [6.45, 7) is 2.56. The number of hydrogen-bond acceptors (Lipinski definition) is 4. The Hall–Kier alpha value is -1.56. The Morgan fingerprint density at radius 1 is 1.60 bits per heavy atom. The van der Waals surface area contributed by atoms with Gasteiger partial charge in [-0.05, 0) is 29.6 Å². The summed E-state index contributed by atoms with van der Waals surface area (Å²) in [5, 5.41) is 6.61. The van der Waals surface area contributed by atoms with Crippen molar-refractivity contribution in [3.8, 4) is 0 Å². The van der Waals surface area contributed by atoms with Crippen LogP contribution in [0.1, 0.15) is 18.9 Å². The van der Waals surface area contributed by atoms with Gasteiger partial charge in [0, 0.05) is 22.5 Å². The number of esters is 1. The van der Waals surface area contributed by atoms with E-state index in [1.807, 2.05) is 31.2 Å². The third-order valence-corrected chi connectivity index (χ3v) is 3.58. The molecular weight excluding hydrogens is 324 g/mol. The van der Waals surface area contributed by atoms with E-state index in [0.29, 0.717) is 13.0 Å². The van der Waals surface area contributed by atoms with Crippen molar-refractivity contribution in [2.45, 2.75) is 18.9 Å². The lowest BCUT2D eigenvalue weighted by atomic mass is 9.87. The molecule has 6 nitrogen and oxygen atoms in total. The number of methoxy groups -OCH3 is 1. The lowest BCUT2D eigenvalue weighted by Crippen LogP contribution is -2.50. The Bertz CT molecular complexity index is 517. The summed E-state index contributed by atoms with van der Waals surface area (Å²) in [5.74, 6) is -0.362. The van der Waals surface area contributed by atoms with Crippen LogP contribution in [0.5, 0.6) is 0 Å². The average molecular weight is 341 g/mol. The minimum atomic E-state index is -0.941. The number of carbonyl (C=O) groups excluding carboxylic acids is 1. The van der Waals surface area contributed by atoms with Gasteiger partial charge in [0.2, 0.25) is 0 Å². The van der Waals surface area contributed by atoms with Crippen LogP contribution in [0.4, 0.5) is 0 Å². The molecule has 108 valence electrons. The van der Waals surface area contributed by atoms with E-state index < -0.39 is 5.54 Å². The quantitative estimate of drug-likeness (QED) is 0.272.